The third-order valence-corrected chi connectivity index (χ3v) is 1.91. The van der Waals surface area contributed by atoms with Crippen LogP contribution in [0.3, 0.4) is 0 Å². The number of benzene rings is 1. The first-order valence-electron chi connectivity index (χ1n) is 4.14. The molecule has 15 heavy (non-hydrogen) atoms. The molecule has 4 nitrogen and oxygen atoms in total. The second-order valence-electron chi connectivity index (χ2n) is 2.87. The largest absolute Gasteiger partial charge is 0.381 e. The highest BCUT2D eigenvalue weighted by Gasteiger charge is 2.07. The standard InChI is InChI=1S/C10H8ClNO3/c1-7(13)2-3-8-6-9(12(14)15)4-5-10(8)11/h4-7,13H,1H3. The van der Waals surface area contributed by atoms with Gasteiger partial charge in [0.15, 0.2) is 0 Å². The van der Waals surface area contributed by atoms with Gasteiger partial charge in [0.05, 0.1) is 15.5 Å². The van der Waals surface area contributed by atoms with Crippen molar-refractivity contribution < 1.29 is 10.0 Å². The molecule has 0 radical (unpaired) electrons. The van der Waals surface area contributed by atoms with Gasteiger partial charge in [-0.3, -0.25) is 10.1 Å². The van der Waals surface area contributed by atoms with Crippen LogP contribution in [0.25, 0.3) is 0 Å². The van der Waals surface area contributed by atoms with Crippen molar-refractivity contribution in [2.24, 2.45) is 0 Å². The Morgan fingerprint density at radius 1 is 1.60 bits per heavy atom. The van der Waals surface area contributed by atoms with Gasteiger partial charge in [-0.15, -0.1) is 0 Å². The maximum absolute atomic E-state index is 10.5. The summed E-state index contributed by atoms with van der Waals surface area (Å²) in [7, 11) is 0. The van der Waals surface area contributed by atoms with E-state index in [4.69, 9.17) is 16.7 Å². The quantitative estimate of drug-likeness (QED) is 0.452. The molecule has 78 valence electrons. The minimum Gasteiger partial charge on any atom is -0.381 e. The van der Waals surface area contributed by atoms with Crippen molar-refractivity contribution in [1.29, 1.82) is 0 Å². The summed E-state index contributed by atoms with van der Waals surface area (Å²) >= 11 is 5.78. The molecule has 5 heteroatoms. The highest BCUT2D eigenvalue weighted by Crippen LogP contribution is 2.20. The molecule has 1 aromatic rings. The molecule has 0 spiro atoms. The van der Waals surface area contributed by atoms with E-state index in [1.165, 1.54) is 25.1 Å². The molecule has 1 rings (SSSR count). The van der Waals surface area contributed by atoms with Crippen LogP contribution in [0.1, 0.15) is 12.5 Å². The molecular formula is C10H8ClNO3. The monoisotopic (exact) mass is 225 g/mol. The lowest BCUT2D eigenvalue weighted by Crippen LogP contribution is -1.93. The molecule has 0 aromatic heterocycles. The fourth-order valence-corrected chi connectivity index (χ4v) is 1.07. The molecule has 0 fully saturated rings. The fraction of sp³-hybridized carbons (Fsp3) is 0.200. The summed E-state index contributed by atoms with van der Waals surface area (Å²) in [5, 5.41) is 19.7. The molecule has 0 amide bonds. The molecular weight excluding hydrogens is 218 g/mol. The molecule has 1 N–H and O–H groups in total. The Labute approximate surface area is 91.6 Å². The lowest BCUT2D eigenvalue weighted by molar-refractivity contribution is -0.384. The summed E-state index contributed by atoms with van der Waals surface area (Å²) in [4.78, 5) is 9.94. The summed E-state index contributed by atoms with van der Waals surface area (Å²) in [6.45, 7) is 1.50. The number of hydrogen-bond acceptors (Lipinski definition) is 3. The Morgan fingerprint density at radius 2 is 2.27 bits per heavy atom. The Bertz CT molecular complexity index is 446. The van der Waals surface area contributed by atoms with Crippen LogP contribution >= 0.6 is 11.6 Å². The van der Waals surface area contributed by atoms with Crippen molar-refractivity contribution in [2.75, 3.05) is 0 Å². The van der Waals surface area contributed by atoms with E-state index in [-0.39, 0.29) is 5.69 Å². The van der Waals surface area contributed by atoms with Gasteiger partial charge in [0.1, 0.15) is 6.10 Å². The van der Waals surface area contributed by atoms with Gasteiger partial charge >= 0.3 is 0 Å². The maximum atomic E-state index is 10.5. The van der Waals surface area contributed by atoms with E-state index in [9.17, 15) is 10.1 Å². The summed E-state index contributed by atoms with van der Waals surface area (Å²) in [5.41, 5.74) is 0.265. The fourth-order valence-electron chi connectivity index (χ4n) is 0.905. The molecule has 0 aliphatic carbocycles. The van der Waals surface area contributed by atoms with Crippen LogP contribution < -0.4 is 0 Å². The first-order chi connectivity index (χ1) is 7.00. The molecule has 1 aromatic carbocycles. The van der Waals surface area contributed by atoms with E-state index in [1.54, 1.807) is 0 Å². The van der Waals surface area contributed by atoms with Crippen LogP contribution in [0.15, 0.2) is 18.2 Å². The minimum absolute atomic E-state index is 0.0747. The SMILES string of the molecule is CC(O)C#Cc1cc([N+](=O)[O-])ccc1Cl. The van der Waals surface area contributed by atoms with Gasteiger partial charge in [0, 0.05) is 12.1 Å². The summed E-state index contributed by atoms with van der Waals surface area (Å²) in [6, 6.07) is 3.99. The van der Waals surface area contributed by atoms with Crippen LogP contribution in [0.4, 0.5) is 5.69 Å². The highest BCUT2D eigenvalue weighted by molar-refractivity contribution is 6.31. The topological polar surface area (TPSA) is 63.4 Å². The van der Waals surface area contributed by atoms with E-state index < -0.39 is 11.0 Å². The molecule has 0 saturated heterocycles. The Hall–Kier alpha value is -1.57. The number of nitrogens with zero attached hydrogens (tertiary/aromatic N) is 1. The van der Waals surface area contributed by atoms with E-state index in [0.717, 1.165) is 0 Å². The number of rotatable bonds is 1. The van der Waals surface area contributed by atoms with E-state index in [2.05, 4.69) is 11.8 Å². The van der Waals surface area contributed by atoms with Gasteiger partial charge < -0.3 is 5.11 Å². The van der Waals surface area contributed by atoms with Crippen LogP contribution in [-0.4, -0.2) is 16.1 Å². The molecule has 0 heterocycles. The Balaban J connectivity index is 3.13. The summed E-state index contributed by atoms with van der Waals surface area (Å²) in [6.07, 6.45) is -0.791. The molecule has 0 aliphatic heterocycles. The van der Waals surface area contributed by atoms with Crippen molar-refractivity contribution in [3.05, 3.63) is 38.9 Å². The molecule has 1 unspecified atom stereocenters. The number of hydrogen-bond donors (Lipinski definition) is 1. The lowest BCUT2D eigenvalue weighted by Gasteiger charge is -1.96. The van der Waals surface area contributed by atoms with Gasteiger partial charge in [-0.2, -0.15) is 0 Å². The van der Waals surface area contributed by atoms with E-state index in [1.807, 2.05) is 0 Å². The third-order valence-electron chi connectivity index (χ3n) is 1.58. The van der Waals surface area contributed by atoms with Crippen molar-refractivity contribution >= 4 is 17.3 Å². The van der Waals surface area contributed by atoms with Crippen molar-refractivity contribution in [2.45, 2.75) is 13.0 Å². The van der Waals surface area contributed by atoms with Gasteiger partial charge in [0.25, 0.3) is 5.69 Å². The van der Waals surface area contributed by atoms with E-state index >= 15 is 0 Å². The number of aliphatic hydroxyl groups is 1. The van der Waals surface area contributed by atoms with Gasteiger partial charge in [0.2, 0.25) is 0 Å². The summed E-state index contributed by atoms with van der Waals surface area (Å²) in [5.74, 6) is 5.04. The summed E-state index contributed by atoms with van der Waals surface area (Å²) < 4.78 is 0. The van der Waals surface area contributed by atoms with Crippen LogP contribution in [0.5, 0.6) is 0 Å². The zero-order chi connectivity index (χ0) is 11.4. The molecule has 0 aliphatic rings. The molecule has 0 saturated carbocycles. The smallest absolute Gasteiger partial charge is 0.270 e. The number of nitro groups is 1. The minimum atomic E-state index is -0.791. The molecule has 0 bridgehead atoms. The number of nitro benzene ring substituents is 1. The first kappa shape index (κ1) is 11.5. The van der Waals surface area contributed by atoms with Crippen molar-refractivity contribution in [1.82, 2.24) is 0 Å². The second kappa shape index (κ2) is 4.78. The average Bonchev–Trinajstić information content (AvgIpc) is 2.16. The average molecular weight is 226 g/mol. The zero-order valence-electron chi connectivity index (χ0n) is 7.90. The predicted molar refractivity (Wildman–Crippen MR) is 56.7 cm³/mol. The number of halogens is 1. The van der Waals surface area contributed by atoms with Crippen LogP contribution in [0.2, 0.25) is 5.02 Å². The van der Waals surface area contributed by atoms with Gasteiger partial charge in [-0.1, -0.05) is 23.4 Å². The predicted octanol–water partition coefficient (Wildman–Crippen LogP) is 1.98. The van der Waals surface area contributed by atoms with Crippen LogP contribution in [-0.2, 0) is 0 Å². The second-order valence-corrected chi connectivity index (χ2v) is 3.27. The Morgan fingerprint density at radius 3 is 2.80 bits per heavy atom. The highest BCUT2D eigenvalue weighted by atomic mass is 35.5. The van der Waals surface area contributed by atoms with Crippen LogP contribution in [0, 0.1) is 22.0 Å². The Kier molecular flexibility index (Phi) is 3.67. The van der Waals surface area contributed by atoms with Gasteiger partial charge in [-0.25, -0.2) is 0 Å². The lowest BCUT2D eigenvalue weighted by atomic mass is 10.2. The third kappa shape index (κ3) is 3.24. The zero-order valence-corrected chi connectivity index (χ0v) is 8.65. The first-order valence-corrected chi connectivity index (χ1v) is 4.52. The maximum Gasteiger partial charge on any atom is 0.270 e. The normalized spacial score (nSPS) is 11.4. The van der Waals surface area contributed by atoms with Crippen molar-refractivity contribution in [3.63, 3.8) is 0 Å². The number of aliphatic hydroxyl groups excluding tert-OH is 1. The molecule has 1 atom stereocenters. The van der Waals surface area contributed by atoms with Crippen molar-refractivity contribution in [3.8, 4) is 11.8 Å². The number of non-ortho nitro benzene ring substituents is 1. The van der Waals surface area contributed by atoms with E-state index in [0.29, 0.717) is 10.6 Å². The van der Waals surface area contributed by atoms with Gasteiger partial charge in [-0.05, 0) is 13.0 Å².